The molecule has 2 atom stereocenters. The van der Waals surface area contributed by atoms with Gasteiger partial charge in [0.25, 0.3) is 6.01 Å². The van der Waals surface area contributed by atoms with Gasteiger partial charge in [-0.25, -0.2) is 4.79 Å². The minimum atomic E-state index is -1.21. The largest absolute Gasteiger partial charge is 0.479 e. The summed E-state index contributed by atoms with van der Waals surface area (Å²) >= 11 is 0. The quantitative estimate of drug-likeness (QED) is 0.342. The van der Waals surface area contributed by atoms with E-state index in [1.807, 2.05) is 10.6 Å². The molecule has 9 heteroatoms. The van der Waals surface area contributed by atoms with Crippen LogP contribution in [0.5, 0.6) is 6.01 Å². The highest BCUT2D eigenvalue weighted by Crippen LogP contribution is 2.30. The van der Waals surface area contributed by atoms with Crippen LogP contribution in [0.2, 0.25) is 25.7 Å². The fourth-order valence-corrected chi connectivity index (χ4v) is 4.79. The fourth-order valence-electron chi connectivity index (χ4n) is 4.03. The molecule has 0 amide bonds. The van der Waals surface area contributed by atoms with Gasteiger partial charge in [0.1, 0.15) is 6.73 Å². The molecule has 1 aliphatic carbocycles. The van der Waals surface area contributed by atoms with Crippen LogP contribution in [0.25, 0.3) is 23.4 Å². The second-order valence-corrected chi connectivity index (χ2v) is 15.6. The van der Waals surface area contributed by atoms with Gasteiger partial charge in [-0.15, -0.1) is 0 Å². The second-order valence-electron chi connectivity index (χ2n) is 9.93. The Bertz CT molecular complexity index is 1240. The zero-order valence-electron chi connectivity index (χ0n) is 20.1. The van der Waals surface area contributed by atoms with E-state index in [4.69, 9.17) is 14.6 Å². The predicted octanol–water partition coefficient (Wildman–Crippen LogP) is 3.04. The number of carbonyl (C=O) groups is 1. The molecule has 0 saturated heterocycles. The molecule has 1 aliphatic rings. The molecule has 0 fully saturated rings. The number of imidazole rings is 1. The lowest BCUT2D eigenvalue weighted by Crippen LogP contribution is -2.36. The highest BCUT2D eigenvalue weighted by molar-refractivity contribution is 6.76. The summed E-state index contributed by atoms with van der Waals surface area (Å²) in [5.41, 5.74) is 3.25. The first kappa shape index (κ1) is 24.0. The Hall–Kier alpha value is -3.17. The summed E-state index contributed by atoms with van der Waals surface area (Å²) in [6, 6.07) is 11.7. The highest BCUT2D eigenvalue weighted by Gasteiger charge is 2.23. The molecule has 2 N–H and O–H groups in total. The standard InChI is InChI=1S/C25H32N4O4Si/c1-17-13-23-22(14-20(17)18-5-7-19(8-6-18)21-9-10-26-28-21)27-25(33-15-24(30)31)29(23)16-32-11-12-34(2,3)4/h5-10,13-14,17,20H,11-12,15-16H2,1-4H3,(H,26,28)(H,30,31). The number of benzene rings is 1. The van der Waals surface area contributed by atoms with Gasteiger partial charge in [0.05, 0.1) is 16.4 Å². The number of fused-ring (bicyclic) bond motifs is 1. The topological polar surface area (TPSA) is 102 Å². The maximum Gasteiger partial charge on any atom is 0.341 e. The van der Waals surface area contributed by atoms with E-state index in [1.54, 1.807) is 6.20 Å². The van der Waals surface area contributed by atoms with Crippen molar-refractivity contribution in [3.8, 4) is 17.3 Å². The van der Waals surface area contributed by atoms with E-state index in [9.17, 15) is 4.79 Å². The Morgan fingerprint density at radius 1 is 1.18 bits per heavy atom. The zero-order valence-corrected chi connectivity index (χ0v) is 21.1. The van der Waals surface area contributed by atoms with Crippen LogP contribution in [-0.2, 0) is 16.3 Å². The molecule has 0 bridgehead atoms. The average Bonchev–Trinajstić information content (AvgIpc) is 3.43. The van der Waals surface area contributed by atoms with Gasteiger partial charge < -0.3 is 14.6 Å². The lowest BCUT2D eigenvalue weighted by Gasteiger charge is -2.21. The van der Waals surface area contributed by atoms with Crippen LogP contribution in [0.1, 0.15) is 18.4 Å². The number of aromatic amines is 1. The lowest BCUT2D eigenvalue weighted by molar-refractivity contribution is -0.139. The number of rotatable bonds is 10. The van der Waals surface area contributed by atoms with Crippen molar-refractivity contribution < 1.29 is 19.4 Å². The number of nitrogens with zero attached hydrogens (tertiary/aromatic N) is 3. The second kappa shape index (κ2) is 9.98. The molecule has 1 aromatic carbocycles. The van der Waals surface area contributed by atoms with Gasteiger partial charge in [-0.05, 0) is 35.2 Å². The lowest BCUT2D eigenvalue weighted by atomic mass is 9.84. The summed E-state index contributed by atoms with van der Waals surface area (Å²) in [6.07, 6.45) is 6.05. The number of carboxylic acids is 1. The van der Waals surface area contributed by atoms with Crippen molar-refractivity contribution >= 4 is 26.2 Å². The normalized spacial score (nSPS) is 17.5. The summed E-state index contributed by atoms with van der Waals surface area (Å²) in [6.45, 7) is 9.59. The van der Waals surface area contributed by atoms with E-state index in [1.165, 1.54) is 5.56 Å². The summed E-state index contributed by atoms with van der Waals surface area (Å²) in [5.74, 6) is -0.675. The van der Waals surface area contributed by atoms with Crippen LogP contribution in [0.3, 0.4) is 0 Å². The van der Waals surface area contributed by atoms with Gasteiger partial charge in [0.15, 0.2) is 6.61 Å². The first-order valence-electron chi connectivity index (χ1n) is 11.5. The molecular weight excluding hydrogens is 448 g/mol. The third-order valence-electron chi connectivity index (χ3n) is 5.97. The summed E-state index contributed by atoms with van der Waals surface area (Å²) < 4.78 is 13.3. The minimum absolute atomic E-state index is 0.145. The summed E-state index contributed by atoms with van der Waals surface area (Å²) in [5, 5.41) is 17.8. The van der Waals surface area contributed by atoms with Crippen molar-refractivity contribution in [1.29, 1.82) is 0 Å². The molecule has 8 nitrogen and oxygen atoms in total. The van der Waals surface area contributed by atoms with Crippen LogP contribution < -0.4 is 15.4 Å². The minimum Gasteiger partial charge on any atom is -0.479 e. The molecule has 0 spiro atoms. The maximum atomic E-state index is 11.1. The van der Waals surface area contributed by atoms with E-state index in [-0.39, 0.29) is 24.6 Å². The number of H-pyrrole nitrogens is 1. The Morgan fingerprint density at radius 2 is 1.94 bits per heavy atom. The Labute approximate surface area is 200 Å². The number of hydrogen-bond acceptors (Lipinski definition) is 5. The van der Waals surface area contributed by atoms with Gasteiger partial charge >= 0.3 is 5.97 Å². The number of aliphatic carboxylic acids is 1. The van der Waals surface area contributed by atoms with Crippen molar-refractivity contribution in [2.75, 3.05) is 13.2 Å². The van der Waals surface area contributed by atoms with Crippen LogP contribution >= 0.6 is 0 Å². The van der Waals surface area contributed by atoms with Crippen molar-refractivity contribution in [2.24, 2.45) is 5.92 Å². The smallest absolute Gasteiger partial charge is 0.341 e. The number of aromatic nitrogens is 4. The maximum absolute atomic E-state index is 11.1. The van der Waals surface area contributed by atoms with Gasteiger partial charge in [-0.3, -0.25) is 9.67 Å². The molecule has 2 aromatic heterocycles. The Balaban J connectivity index is 1.61. The molecule has 0 aliphatic heterocycles. The third kappa shape index (κ3) is 5.66. The molecular formula is C25H32N4O4Si. The number of carboxylic acid groups (broad SMARTS) is 1. The van der Waals surface area contributed by atoms with Gasteiger partial charge in [-0.2, -0.15) is 10.1 Å². The van der Waals surface area contributed by atoms with Gasteiger partial charge in [0.2, 0.25) is 0 Å². The number of hydrogen-bond donors (Lipinski definition) is 2. The van der Waals surface area contributed by atoms with E-state index >= 15 is 0 Å². The van der Waals surface area contributed by atoms with Crippen LogP contribution in [-0.4, -0.2) is 52.1 Å². The Kier molecular flexibility index (Phi) is 7.04. The van der Waals surface area contributed by atoms with Crippen molar-refractivity contribution in [3.63, 3.8) is 0 Å². The van der Waals surface area contributed by atoms with Crippen molar-refractivity contribution in [3.05, 3.63) is 52.8 Å². The monoisotopic (exact) mass is 480 g/mol. The molecule has 2 heterocycles. The van der Waals surface area contributed by atoms with Crippen LogP contribution in [0.15, 0.2) is 36.5 Å². The third-order valence-corrected chi connectivity index (χ3v) is 7.68. The first-order valence-corrected chi connectivity index (χ1v) is 15.2. The SMILES string of the molecule is CC1C=c2c(nc(OCC(=O)O)n2COCC[Si](C)(C)C)=CC1c1ccc(-c2ccn[nH]2)cc1. The molecule has 2 unspecified atom stereocenters. The first-order chi connectivity index (χ1) is 16.2. The van der Waals surface area contributed by atoms with E-state index in [0.717, 1.165) is 28.0 Å². The summed E-state index contributed by atoms with van der Waals surface area (Å²) in [7, 11) is -1.21. The van der Waals surface area contributed by atoms with Crippen LogP contribution in [0.4, 0.5) is 0 Å². The van der Waals surface area contributed by atoms with Crippen LogP contribution in [0, 0.1) is 5.92 Å². The molecule has 0 radical (unpaired) electrons. The van der Waals surface area contributed by atoms with Gasteiger partial charge in [0, 0.05) is 26.8 Å². The predicted molar refractivity (Wildman–Crippen MR) is 134 cm³/mol. The van der Waals surface area contributed by atoms with E-state index in [2.05, 4.69) is 78.2 Å². The number of nitrogens with one attached hydrogen (secondary N) is 1. The summed E-state index contributed by atoms with van der Waals surface area (Å²) in [4.78, 5) is 15.7. The van der Waals surface area contributed by atoms with E-state index < -0.39 is 20.7 Å². The molecule has 180 valence electrons. The number of ether oxygens (including phenoxy) is 2. The average molecular weight is 481 g/mol. The Morgan fingerprint density at radius 3 is 2.59 bits per heavy atom. The molecule has 4 rings (SSSR count). The van der Waals surface area contributed by atoms with Crippen molar-refractivity contribution in [2.45, 2.75) is 45.3 Å². The zero-order chi connectivity index (χ0) is 24.3. The van der Waals surface area contributed by atoms with Crippen molar-refractivity contribution in [1.82, 2.24) is 19.7 Å². The molecule has 0 saturated carbocycles. The molecule has 3 aromatic rings. The van der Waals surface area contributed by atoms with E-state index in [0.29, 0.717) is 6.61 Å². The molecule has 34 heavy (non-hydrogen) atoms. The highest BCUT2D eigenvalue weighted by atomic mass is 28.3. The van der Waals surface area contributed by atoms with Gasteiger partial charge in [-0.1, -0.05) is 56.9 Å². The fraction of sp³-hybridized carbons (Fsp3) is 0.400.